The van der Waals surface area contributed by atoms with Gasteiger partial charge in [0.25, 0.3) is 18.2 Å². The Labute approximate surface area is 209 Å². The zero-order valence-corrected chi connectivity index (χ0v) is 19.9. The number of nitrogens with one attached hydrogen (secondary N) is 2. The van der Waals surface area contributed by atoms with Crippen molar-refractivity contribution in [3.63, 3.8) is 0 Å². The molecule has 0 saturated carbocycles. The van der Waals surface area contributed by atoms with Crippen LogP contribution in [0, 0.1) is 23.7 Å². The first-order valence-corrected chi connectivity index (χ1v) is 11.5. The van der Waals surface area contributed by atoms with E-state index < -0.39 is 29.8 Å². The Bertz CT molecular complexity index is 1180. The van der Waals surface area contributed by atoms with Gasteiger partial charge in [0.05, 0.1) is 0 Å². The first-order chi connectivity index (χ1) is 17.2. The van der Waals surface area contributed by atoms with Crippen molar-refractivity contribution in [2.45, 2.75) is 44.3 Å². The first kappa shape index (κ1) is 26.8. The first-order valence-electron chi connectivity index (χ1n) is 11.5. The number of rotatable bonds is 7. The monoisotopic (exact) mass is 494 g/mol. The standard InChI is InChI=1S/C27H28F2N4O3/c1-27(30,26(28)29)23(25(35)32-36)31-24(34)22-14-12-20(13-15-22)7-3-2-6-19-8-10-21(11-9-19)18-33-16-4-5-17-33/h8-15,23,26,36H,4-5,16-18,30H2,1H3,(H,31,34)(H,32,35)/t23-,27?/m1/s1. The normalized spacial score (nSPS) is 15.6. The number of halogens is 2. The molecule has 3 rings (SSSR count). The number of nitrogens with two attached hydrogens (primary N) is 1. The van der Waals surface area contributed by atoms with E-state index in [1.54, 1.807) is 12.1 Å². The molecule has 9 heteroatoms. The third-order valence-corrected chi connectivity index (χ3v) is 5.92. The van der Waals surface area contributed by atoms with E-state index in [9.17, 15) is 18.4 Å². The van der Waals surface area contributed by atoms with E-state index >= 15 is 0 Å². The SMILES string of the molecule is CC(N)(C(F)F)[C@H](NC(=O)c1ccc(C#CC#Cc2ccc(CN3CCCC3)cc2)cc1)C(=O)NO. The number of alkyl halides is 2. The van der Waals surface area contributed by atoms with Gasteiger partial charge < -0.3 is 11.1 Å². The predicted octanol–water partition coefficient (Wildman–Crippen LogP) is 2.27. The molecule has 1 saturated heterocycles. The maximum atomic E-state index is 13.2. The molecule has 0 radical (unpaired) electrons. The molecule has 0 bridgehead atoms. The molecular formula is C27H28F2N4O3. The van der Waals surface area contributed by atoms with E-state index in [-0.39, 0.29) is 5.56 Å². The summed E-state index contributed by atoms with van der Waals surface area (Å²) in [6.07, 6.45) is -0.611. The molecule has 1 fully saturated rings. The minimum Gasteiger partial charge on any atom is -0.338 e. The van der Waals surface area contributed by atoms with E-state index in [2.05, 4.69) is 46.0 Å². The Morgan fingerprint density at radius 3 is 2.06 bits per heavy atom. The number of benzene rings is 2. The molecule has 5 N–H and O–H groups in total. The molecule has 188 valence electrons. The summed E-state index contributed by atoms with van der Waals surface area (Å²) < 4.78 is 26.5. The highest BCUT2D eigenvalue weighted by Gasteiger charge is 2.44. The van der Waals surface area contributed by atoms with Crippen LogP contribution in [-0.4, -0.2) is 53.0 Å². The van der Waals surface area contributed by atoms with Crippen LogP contribution in [0.2, 0.25) is 0 Å². The summed E-state index contributed by atoms with van der Waals surface area (Å²) >= 11 is 0. The van der Waals surface area contributed by atoms with E-state index in [0.717, 1.165) is 32.1 Å². The number of carbonyl (C=O) groups is 2. The van der Waals surface area contributed by atoms with Gasteiger partial charge in [-0.15, -0.1) is 0 Å². The van der Waals surface area contributed by atoms with Crippen LogP contribution < -0.4 is 16.5 Å². The van der Waals surface area contributed by atoms with E-state index in [1.807, 2.05) is 12.1 Å². The summed E-state index contributed by atoms with van der Waals surface area (Å²) in [6, 6.07) is 12.2. The van der Waals surface area contributed by atoms with Crippen molar-refractivity contribution in [1.82, 2.24) is 15.7 Å². The number of nitrogens with zero attached hydrogens (tertiary/aromatic N) is 1. The molecule has 2 aromatic rings. The zero-order chi connectivity index (χ0) is 26.1. The van der Waals surface area contributed by atoms with Gasteiger partial charge in [-0.05, 0) is 86.7 Å². The molecule has 0 aromatic heterocycles. The van der Waals surface area contributed by atoms with Crippen molar-refractivity contribution in [2.75, 3.05) is 13.1 Å². The van der Waals surface area contributed by atoms with Crippen molar-refractivity contribution < 1.29 is 23.6 Å². The summed E-state index contributed by atoms with van der Waals surface area (Å²) in [5.74, 6) is 9.36. The Balaban J connectivity index is 1.60. The van der Waals surface area contributed by atoms with E-state index in [0.29, 0.717) is 5.56 Å². The number of carbonyl (C=O) groups excluding carboxylic acids is 2. The average molecular weight is 495 g/mol. The lowest BCUT2D eigenvalue weighted by Crippen LogP contribution is -2.66. The van der Waals surface area contributed by atoms with Crippen molar-refractivity contribution in [3.05, 3.63) is 70.8 Å². The largest absolute Gasteiger partial charge is 0.338 e. The lowest BCUT2D eigenvalue weighted by atomic mass is 9.92. The van der Waals surface area contributed by atoms with Gasteiger partial charge >= 0.3 is 0 Å². The molecule has 1 aliphatic rings. The third kappa shape index (κ3) is 7.12. The topological polar surface area (TPSA) is 108 Å². The average Bonchev–Trinajstić information content (AvgIpc) is 3.38. The number of likely N-dealkylation sites (tertiary alicyclic amines) is 1. The van der Waals surface area contributed by atoms with Crippen molar-refractivity contribution in [3.8, 4) is 23.7 Å². The molecule has 0 aliphatic carbocycles. The molecule has 2 amide bonds. The van der Waals surface area contributed by atoms with Crippen LogP contribution in [0.15, 0.2) is 48.5 Å². The second-order valence-corrected chi connectivity index (χ2v) is 8.81. The van der Waals surface area contributed by atoms with Crippen LogP contribution in [-0.2, 0) is 11.3 Å². The lowest BCUT2D eigenvalue weighted by molar-refractivity contribution is -0.134. The molecule has 0 spiro atoms. The Hall–Kier alpha value is -3.76. The Morgan fingerprint density at radius 1 is 1.03 bits per heavy atom. The third-order valence-electron chi connectivity index (χ3n) is 5.92. The molecular weight excluding hydrogens is 466 g/mol. The Kier molecular flexibility index (Phi) is 9.15. The van der Waals surface area contributed by atoms with Gasteiger partial charge in [-0.2, -0.15) is 0 Å². The number of amides is 2. The van der Waals surface area contributed by atoms with Crippen LogP contribution in [0.3, 0.4) is 0 Å². The van der Waals surface area contributed by atoms with Gasteiger partial charge in [-0.25, -0.2) is 14.3 Å². The van der Waals surface area contributed by atoms with Crippen LogP contribution >= 0.6 is 0 Å². The maximum Gasteiger partial charge on any atom is 0.268 e. The second kappa shape index (κ2) is 12.3. The second-order valence-electron chi connectivity index (χ2n) is 8.81. The van der Waals surface area contributed by atoms with E-state index in [1.165, 1.54) is 36.0 Å². The molecule has 2 aromatic carbocycles. The number of hydrogen-bond donors (Lipinski definition) is 4. The predicted molar refractivity (Wildman–Crippen MR) is 131 cm³/mol. The van der Waals surface area contributed by atoms with Gasteiger partial charge in [0.15, 0.2) is 0 Å². The highest BCUT2D eigenvalue weighted by molar-refractivity contribution is 5.98. The lowest BCUT2D eigenvalue weighted by Gasteiger charge is -2.32. The van der Waals surface area contributed by atoms with Gasteiger partial charge in [-0.3, -0.25) is 19.7 Å². The quantitative estimate of drug-likeness (QED) is 0.268. The fraction of sp³-hybridized carbons (Fsp3) is 0.333. The van der Waals surface area contributed by atoms with Crippen molar-refractivity contribution in [1.29, 1.82) is 0 Å². The summed E-state index contributed by atoms with van der Waals surface area (Å²) in [6.45, 7) is 4.15. The number of hydroxylamine groups is 1. The van der Waals surface area contributed by atoms with Crippen LogP contribution in [0.25, 0.3) is 0 Å². The summed E-state index contributed by atoms with van der Waals surface area (Å²) in [7, 11) is 0. The molecule has 1 unspecified atom stereocenters. The smallest absolute Gasteiger partial charge is 0.268 e. The molecule has 36 heavy (non-hydrogen) atoms. The highest BCUT2D eigenvalue weighted by atomic mass is 19.3. The highest BCUT2D eigenvalue weighted by Crippen LogP contribution is 2.18. The van der Waals surface area contributed by atoms with Crippen LogP contribution in [0.5, 0.6) is 0 Å². The summed E-state index contributed by atoms with van der Waals surface area (Å²) in [5.41, 5.74) is 7.16. The summed E-state index contributed by atoms with van der Waals surface area (Å²) in [5, 5.41) is 11.0. The van der Waals surface area contributed by atoms with Crippen molar-refractivity contribution >= 4 is 11.8 Å². The van der Waals surface area contributed by atoms with Gasteiger partial charge in [0, 0.05) is 23.2 Å². The molecule has 1 heterocycles. The molecule has 2 atom stereocenters. The number of hydrogen-bond acceptors (Lipinski definition) is 5. The minimum absolute atomic E-state index is 0.0986. The van der Waals surface area contributed by atoms with Gasteiger partial charge in [0.2, 0.25) is 0 Å². The fourth-order valence-electron chi connectivity index (χ4n) is 3.71. The Morgan fingerprint density at radius 2 is 1.56 bits per heavy atom. The fourth-order valence-corrected chi connectivity index (χ4v) is 3.71. The van der Waals surface area contributed by atoms with Gasteiger partial charge in [0.1, 0.15) is 11.6 Å². The van der Waals surface area contributed by atoms with E-state index in [4.69, 9.17) is 10.9 Å². The minimum atomic E-state index is -3.13. The summed E-state index contributed by atoms with van der Waals surface area (Å²) in [4.78, 5) is 26.7. The van der Waals surface area contributed by atoms with Crippen LogP contribution in [0.4, 0.5) is 8.78 Å². The zero-order valence-electron chi connectivity index (χ0n) is 19.9. The molecule has 7 nitrogen and oxygen atoms in total. The maximum absolute atomic E-state index is 13.2. The van der Waals surface area contributed by atoms with Crippen LogP contribution in [0.1, 0.15) is 46.8 Å². The molecule has 1 aliphatic heterocycles. The van der Waals surface area contributed by atoms with Gasteiger partial charge in [-0.1, -0.05) is 24.0 Å². The van der Waals surface area contributed by atoms with Crippen molar-refractivity contribution in [2.24, 2.45) is 5.73 Å².